The third-order valence-corrected chi connectivity index (χ3v) is 6.70. The summed E-state index contributed by atoms with van der Waals surface area (Å²) in [6.07, 6.45) is 3.09. The van der Waals surface area contributed by atoms with Gasteiger partial charge in [0.05, 0.1) is 22.2 Å². The summed E-state index contributed by atoms with van der Waals surface area (Å²) in [4.78, 5) is 30.7. The van der Waals surface area contributed by atoms with Crippen molar-refractivity contribution >= 4 is 28.6 Å². The smallest absolute Gasteiger partial charge is 0.262 e. The van der Waals surface area contributed by atoms with Gasteiger partial charge in [0, 0.05) is 6.04 Å². The molecule has 2 aromatic carbocycles. The molecule has 0 bridgehead atoms. The molecule has 5 nitrogen and oxygen atoms in total. The van der Waals surface area contributed by atoms with Gasteiger partial charge in [-0.25, -0.2) is 4.98 Å². The molecule has 1 heterocycles. The minimum Gasteiger partial charge on any atom is -0.348 e. The van der Waals surface area contributed by atoms with Crippen molar-refractivity contribution in [3.8, 4) is 0 Å². The first-order valence-electron chi connectivity index (χ1n) is 10.5. The first-order valence-corrected chi connectivity index (χ1v) is 11.4. The standard InChI is InChI=1S/C24H27N3O2S/c1-15(2)27-23(29)19-12-6-7-13-21(19)26-24(27)30-16(3)22(28)25-20-14-8-10-17-9-4-5-11-18(17)20/h4-7,9,11-13,15-16,20H,8,10,14H2,1-3H3,(H,25,28)/t16-,20+/m0/s1. The molecule has 0 aliphatic heterocycles. The fraction of sp³-hybridized carbons (Fsp3) is 0.375. The van der Waals surface area contributed by atoms with Gasteiger partial charge in [-0.15, -0.1) is 0 Å². The molecule has 4 rings (SSSR count). The number of fused-ring (bicyclic) bond motifs is 2. The Bertz CT molecular complexity index is 1140. The molecule has 30 heavy (non-hydrogen) atoms. The van der Waals surface area contributed by atoms with Crippen LogP contribution in [0.1, 0.15) is 56.8 Å². The minimum absolute atomic E-state index is 0.0283. The number of carbonyl (C=O) groups excluding carboxylic acids is 1. The fourth-order valence-electron chi connectivity index (χ4n) is 4.07. The summed E-state index contributed by atoms with van der Waals surface area (Å²) in [5.41, 5.74) is 3.14. The van der Waals surface area contributed by atoms with E-state index in [9.17, 15) is 9.59 Å². The number of hydrogen-bond acceptors (Lipinski definition) is 4. The molecule has 1 aliphatic carbocycles. The highest BCUT2D eigenvalue weighted by molar-refractivity contribution is 8.00. The second-order valence-electron chi connectivity index (χ2n) is 8.09. The van der Waals surface area contributed by atoms with Crippen LogP contribution in [0.25, 0.3) is 10.9 Å². The molecule has 0 unspecified atom stereocenters. The van der Waals surface area contributed by atoms with E-state index >= 15 is 0 Å². The van der Waals surface area contributed by atoms with Crippen LogP contribution in [0, 0.1) is 0 Å². The van der Waals surface area contributed by atoms with Crippen LogP contribution >= 0.6 is 11.8 Å². The molecule has 1 N–H and O–H groups in total. The summed E-state index contributed by atoms with van der Waals surface area (Å²) in [5, 5.41) is 4.04. The number of thioether (sulfide) groups is 1. The maximum Gasteiger partial charge on any atom is 0.262 e. The van der Waals surface area contributed by atoms with Crippen LogP contribution in [0.3, 0.4) is 0 Å². The Kier molecular flexibility index (Phi) is 5.95. The predicted octanol–water partition coefficient (Wildman–Crippen LogP) is 4.65. The lowest BCUT2D eigenvalue weighted by molar-refractivity contribution is -0.121. The van der Waals surface area contributed by atoms with Gasteiger partial charge in [0.1, 0.15) is 0 Å². The fourth-order valence-corrected chi connectivity index (χ4v) is 5.12. The Morgan fingerprint density at radius 3 is 2.67 bits per heavy atom. The van der Waals surface area contributed by atoms with Crippen LogP contribution in [0.4, 0.5) is 0 Å². The van der Waals surface area contributed by atoms with Gasteiger partial charge < -0.3 is 5.32 Å². The largest absolute Gasteiger partial charge is 0.348 e. The number of aromatic nitrogens is 2. The molecular formula is C24H27N3O2S. The molecule has 3 aromatic rings. The van der Waals surface area contributed by atoms with Crippen molar-refractivity contribution in [2.24, 2.45) is 0 Å². The Balaban J connectivity index is 1.58. The van der Waals surface area contributed by atoms with E-state index in [0.29, 0.717) is 16.1 Å². The Hall–Kier alpha value is -2.60. The van der Waals surface area contributed by atoms with Gasteiger partial charge in [-0.3, -0.25) is 14.2 Å². The van der Waals surface area contributed by atoms with Crippen molar-refractivity contribution in [1.82, 2.24) is 14.9 Å². The lowest BCUT2D eigenvalue weighted by atomic mass is 9.88. The van der Waals surface area contributed by atoms with Crippen molar-refractivity contribution in [2.45, 2.75) is 62.5 Å². The summed E-state index contributed by atoms with van der Waals surface area (Å²) < 4.78 is 1.69. The van der Waals surface area contributed by atoms with Crippen LogP contribution in [-0.4, -0.2) is 20.7 Å². The second-order valence-corrected chi connectivity index (χ2v) is 9.40. The number of amides is 1. The molecule has 1 amide bonds. The van der Waals surface area contributed by atoms with E-state index < -0.39 is 0 Å². The number of nitrogens with zero attached hydrogens (tertiary/aromatic N) is 2. The Morgan fingerprint density at radius 1 is 1.13 bits per heavy atom. The number of benzene rings is 2. The van der Waals surface area contributed by atoms with Gasteiger partial charge in [0.15, 0.2) is 5.16 Å². The zero-order valence-corrected chi connectivity index (χ0v) is 18.4. The van der Waals surface area contributed by atoms with Crippen molar-refractivity contribution in [3.63, 3.8) is 0 Å². The van der Waals surface area contributed by atoms with E-state index in [2.05, 4.69) is 23.5 Å². The second kappa shape index (κ2) is 8.64. The van der Waals surface area contributed by atoms with Gasteiger partial charge in [0.25, 0.3) is 5.56 Å². The van der Waals surface area contributed by atoms with Gasteiger partial charge >= 0.3 is 0 Å². The van der Waals surface area contributed by atoms with E-state index in [4.69, 9.17) is 4.98 Å². The maximum absolute atomic E-state index is 13.0. The molecule has 0 saturated carbocycles. The van der Waals surface area contributed by atoms with Crippen molar-refractivity contribution in [3.05, 3.63) is 70.0 Å². The molecule has 2 atom stereocenters. The molecule has 6 heteroatoms. The SMILES string of the molecule is CC(C)n1c(S[C@@H](C)C(=O)N[C@@H]2CCCc3ccccc32)nc2ccccc2c1=O. The monoisotopic (exact) mass is 421 g/mol. The van der Waals surface area contributed by atoms with E-state index in [0.717, 1.165) is 19.3 Å². The quantitative estimate of drug-likeness (QED) is 0.481. The van der Waals surface area contributed by atoms with Crippen molar-refractivity contribution in [1.29, 1.82) is 0 Å². The molecule has 1 aliphatic rings. The number of para-hydroxylation sites is 1. The molecule has 0 radical (unpaired) electrons. The van der Waals surface area contributed by atoms with Crippen LogP contribution in [-0.2, 0) is 11.2 Å². The topological polar surface area (TPSA) is 64.0 Å². The van der Waals surface area contributed by atoms with E-state index in [1.54, 1.807) is 10.6 Å². The summed E-state index contributed by atoms with van der Waals surface area (Å²) >= 11 is 1.35. The summed E-state index contributed by atoms with van der Waals surface area (Å²) in [5.74, 6) is -0.0283. The lowest BCUT2D eigenvalue weighted by Gasteiger charge is -2.27. The summed E-state index contributed by atoms with van der Waals surface area (Å²) in [6, 6.07) is 15.7. The third kappa shape index (κ3) is 4.01. The molecular weight excluding hydrogens is 394 g/mol. The molecule has 1 aromatic heterocycles. The first kappa shape index (κ1) is 20.7. The van der Waals surface area contributed by atoms with Crippen LogP contribution < -0.4 is 10.9 Å². The number of rotatable bonds is 5. The van der Waals surface area contributed by atoms with E-state index in [-0.39, 0.29) is 28.8 Å². The Labute approximate surface area is 180 Å². The van der Waals surface area contributed by atoms with Crippen molar-refractivity contribution in [2.75, 3.05) is 0 Å². The first-order chi connectivity index (χ1) is 14.5. The summed E-state index contributed by atoms with van der Waals surface area (Å²) in [6.45, 7) is 5.80. The zero-order valence-electron chi connectivity index (χ0n) is 17.6. The van der Waals surface area contributed by atoms with E-state index in [1.165, 1.54) is 22.9 Å². The zero-order chi connectivity index (χ0) is 21.3. The summed E-state index contributed by atoms with van der Waals surface area (Å²) in [7, 11) is 0. The minimum atomic E-state index is -0.364. The third-order valence-electron chi connectivity index (χ3n) is 5.63. The predicted molar refractivity (Wildman–Crippen MR) is 122 cm³/mol. The van der Waals surface area contributed by atoms with Crippen LogP contribution in [0.5, 0.6) is 0 Å². The normalized spacial score (nSPS) is 17.0. The maximum atomic E-state index is 13.0. The number of hydrogen-bond donors (Lipinski definition) is 1. The van der Waals surface area contributed by atoms with Crippen LogP contribution in [0.15, 0.2) is 58.5 Å². The van der Waals surface area contributed by atoms with Crippen LogP contribution in [0.2, 0.25) is 0 Å². The highest BCUT2D eigenvalue weighted by Crippen LogP contribution is 2.31. The molecule has 0 saturated heterocycles. The van der Waals surface area contributed by atoms with Crippen molar-refractivity contribution < 1.29 is 4.79 Å². The van der Waals surface area contributed by atoms with Gasteiger partial charge in [-0.05, 0) is 63.3 Å². The van der Waals surface area contributed by atoms with Gasteiger partial charge in [0.2, 0.25) is 5.91 Å². The lowest BCUT2D eigenvalue weighted by Crippen LogP contribution is -2.36. The average molecular weight is 422 g/mol. The highest BCUT2D eigenvalue weighted by Gasteiger charge is 2.25. The average Bonchev–Trinajstić information content (AvgIpc) is 2.74. The Morgan fingerprint density at radius 2 is 1.87 bits per heavy atom. The number of carbonyl (C=O) groups is 1. The van der Waals surface area contributed by atoms with E-state index in [1.807, 2.05) is 45.0 Å². The molecule has 0 spiro atoms. The molecule has 0 fully saturated rings. The van der Waals surface area contributed by atoms with Gasteiger partial charge in [-0.2, -0.15) is 0 Å². The van der Waals surface area contributed by atoms with Gasteiger partial charge in [-0.1, -0.05) is 48.2 Å². The highest BCUT2D eigenvalue weighted by atomic mass is 32.2. The molecule has 156 valence electrons. The number of aryl methyl sites for hydroxylation is 1. The number of nitrogens with one attached hydrogen (secondary N) is 1.